The Hall–Kier alpha value is -3.64. The van der Waals surface area contributed by atoms with Gasteiger partial charge in [0.15, 0.2) is 0 Å². The van der Waals surface area contributed by atoms with Gasteiger partial charge in [0.25, 0.3) is 11.8 Å². The number of carbonyl (C=O) groups excluding carboxylic acids is 3. The maximum Gasteiger partial charge on any atom is 0.338 e. The third-order valence-electron chi connectivity index (χ3n) is 5.14. The predicted molar refractivity (Wildman–Crippen MR) is 130 cm³/mol. The zero-order valence-corrected chi connectivity index (χ0v) is 19.2. The Morgan fingerprint density at radius 2 is 1.55 bits per heavy atom. The number of rotatable bonds is 7. The quantitative estimate of drug-likeness (QED) is 0.339. The number of hydrogen-bond acceptors (Lipinski definition) is 5. The summed E-state index contributed by atoms with van der Waals surface area (Å²) in [6.07, 6.45) is 0.732. The summed E-state index contributed by atoms with van der Waals surface area (Å²) in [5.41, 5.74) is 2.91. The standard InChI is InChI=1S/C27H23NO4S/c1-3-17-32-27(31)20-13-15-21(16-14-20)28-25(29)23(19-11-9-18(2)10-12-19)24(26(28)30)33-22-7-5-4-6-8-22/h4-16H,3,17H2,1-2H3. The first-order valence-corrected chi connectivity index (χ1v) is 11.5. The fourth-order valence-corrected chi connectivity index (χ4v) is 4.46. The molecule has 0 spiro atoms. The van der Waals surface area contributed by atoms with E-state index in [-0.39, 0.29) is 11.8 Å². The summed E-state index contributed by atoms with van der Waals surface area (Å²) in [4.78, 5) is 41.5. The Balaban J connectivity index is 1.69. The van der Waals surface area contributed by atoms with Crippen LogP contribution in [0.5, 0.6) is 0 Å². The molecule has 0 aromatic heterocycles. The molecule has 0 fully saturated rings. The summed E-state index contributed by atoms with van der Waals surface area (Å²) in [5.74, 6) is -1.20. The molecule has 0 bridgehead atoms. The molecule has 0 saturated heterocycles. The molecule has 5 nitrogen and oxygen atoms in total. The lowest BCUT2D eigenvalue weighted by Crippen LogP contribution is -2.31. The number of anilines is 1. The highest BCUT2D eigenvalue weighted by molar-refractivity contribution is 8.04. The number of amides is 2. The van der Waals surface area contributed by atoms with Gasteiger partial charge < -0.3 is 4.74 Å². The molecule has 0 unspecified atom stereocenters. The molecule has 2 amide bonds. The van der Waals surface area contributed by atoms with E-state index < -0.39 is 5.97 Å². The van der Waals surface area contributed by atoms with Gasteiger partial charge >= 0.3 is 5.97 Å². The number of nitrogens with zero attached hydrogens (tertiary/aromatic N) is 1. The van der Waals surface area contributed by atoms with Gasteiger partial charge in [0.2, 0.25) is 0 Å². The van der Waals surface area contributed by atoms with E-state index in [1.54, 1.807) is 24.3 Å². The third kappa shape index (κ3) is 4.76. The van der Waals surface area contributed by atoms with E-state index >= 15 is 0 Å². The molecule has 0 saturated carbocycles. The van der Waals surface area contributed by atoms with Crippen LogP contribution >= 0.6 is 11.8 Å². The molecular formula is C27H23NO4S. The van der Waals surface area contributed by atoms with Crippen LogP contribution < -0.4 is 4.90 Å². The van der Waals surface area contributed by atoms with Crippen molar-refractivity contribution in [3.05, 3.63) is 100 Å². The molecule has 6 heteroatoms. The Morgan fingerprint density at radius 1 is 0.879 bits per heavy atom. The van der Waals surface area contributed by atoms with Crippen LogP contribution in [0.2, 0.25) is 0 Å². The van der Waals surface area contributed by atoms with Gasteiger partial charge in [0.05, 0.1) is 28.3 Å². The van der Waals surface area contributed by atoms with Gasteiger partial charge in [-0.25, -0.2) is 9.69 Å². The van der Waals surface area contributed by atoms with Crippen molar-refractivity contribution in [1.82, 2.24) is 0 Å². The Bertz CT molecular complexity index is 1220. The topological polar surface area (TPSA) is 63.7 Å². The van der Waals surface area contributed by atoms with Crippen LogP contribution in [0, 0.1) is 6.92 Å². The monoisotopic (exact) mass is 457 g/mol. The van der Waals surface area contributed by atoms with Crippen molar-refractivity contribution in [3.63, 3.8) is 0 Å². The molecule has 1 heterocycles. The summed E-state index contributed by atoms with van der Waals surface area (Å²) in [6, 6.07) is 23.4. The highest BCUT2D eigenvalue weighted by Crippen LogP contribution is 2.41. The Labute approximate surface area is 197 Å². The second kappa shape index (κ2) is 9.88. The van der Waals surface area contributed by atoms with Crippen molar-refractivity contribution in [2.75, 3.05) is 11.5 Å². The van der Waals surface area contributed by atoms with E-state index in [2.05, 4.69) is 0 Å². The van der Waals surface area contributed by atoms with E-state index in [1.165, 1.54) is 16.7 Å². The molecule has 0 radical (unpaired) electrons. The molecule has 4 rings (SSSR count). The van der Waals surface area contributed by atoms with Gasteiger partial charge in [-0.05, 0) is 55.3 Å². The van der Waals surface area contributed by atoms with Crippen LogP contribution in [0.1, 0.15) is 34.8 Å². The summed E-state index contributed by atoms with van der Waals surface area (Å²) in [7, 11) is 0. The summed E-state index contributed by atoms with van der Waals surface area (Å²) < 4.78 is 5.15. The van der Waals surface area contributed by atoms with Crippen LogP contribution in [0.4, 0.5) is 5.69 Å². The van der Waals surface area contributed by atoms with Crippen molar-refractivity contribution < 1.29 is 19.1 Å². The molecule has 1 aliphatic heterocycles. The minimum atomic E-state index is -0.429. The van der Waals surface area contributed by atoms with E-state index in [0.29, 0.717) is 33.9 Å². The predicted octanol–water partition coefficient (Wildman–Crippen LogP) is 5.64. The molecule has 166 valence electrons. The number of hydrogen-bond donors (Lipinski definition) is 0. The fraction of sp³-hybridized carbons (Fsp3) is 0.148. The molecule has 0 atom stereocenters. The minimum Gasteiger partial charge on any atom is -0.462 e. The third-order valence-corrected chi connectivity index (χ3v) is 6.23. The van der Waals surface area contributed by atoms with E-state index in [1.807, 2.05) is 68.4 Å². The molecule has 33 heavy (non-hydrogen) atoms. The van der Waals surface area contributed by atoms with Gasteiger partial charge in [-0.15, -0.1) is 0 Å². The zero-order valence-electron chi connectivity index (χ0n) is 18.4. The molecule has 0 aliphatic carbocycles. The zero-order chi connectivity index (χ0) is 23.4. The van der Waals surface area contributed by atoms with Crippen molar-refractivity contribution in [2.24, 2.45) is 0 Å². The normalized spacial score (nSPS) is 13.6. The van der Waals surface area contributed by atoms with Gasteiger partial charge in [0.1, 0.15) is 0 Å². The second-order valence-electron chi connectivity index (χ2n) is 7.61. The average Bonchev–Trinajstić information content (AvgIpc) is 3.08. The van der Waals surface area contributed by atoms with E-state index in [4.69, 9.17) is 4.74 Å². The van der Waals surface area contributed by atoms with Crippen molar-refractivity contribution in [2.45, 2.75) is 25.2 Å². The molecule has 3 aromatic rings. The highest BCUT2D eigenvalue weighted by atomic mass is 32.2. The fourth-order valence-electron chi connectivity index (χ4n) is 3.44. The van der Waals surface area contributed by atoms with Gasteiger partial charge in [-0.2, -0.15) is 0 Å². The Kier molecular flexibility index (Phi) is 6.75. The number of esters is 1. The minimum absolute atomic E-state index is 0.341. The summed E-state index contributed by atoms with van der Waals surface area (Å²) >= 11 is 1.28. The number of thioether (sulfide) groups is 1. The Morgan fingerprint density at radius 3 is 2.18 bits per heavy atom. The first kappa shape index (κ1) is 22.6. The number of carbonyl (C=O) groups is 3. The summed E-state index contributed by atoms with van der Waals surface area (Å²) in [5, 5.41) is 0. The van der Waals surface area contributed by atoms with Crippen LogP contribution in [-0.2, 0) is 14.3 Å². The second-order valence-corrected chi connectivity index (χ2v) is 8.70. The number of aryl methyl sites for hydroxylation is 1. The van der Waals surface area contributed by atoms with Crippen LogP contribution in [0.25, 0.3) is 5.57 Å². The van der Waals surface area contributed by atoms with Crippen molar-refractivity contribution >= 4 is 40.8 Å². The summed E-state index contributed by atoms with van der Waals surface area (Å²) in [6.45, 7) is 4.23. The maximum absolute atomic E-state index is 13.5. The number of imide groups is 1. The maximum atomic E-state index is 13.5. The van der Waals surface area contributed by atoms with Crippen LogP contribution in [-0.4, -0.2) is 24.4 Å². The van der Waals surface area contributed by atoms with Crippen LogP contribution in [0.3, 0.4) is 0 Å². The van der Waals surface area contributed by atoms with Crippen molar-refractivity contribution in [3.8, 4) is 0 Å². The van der Waals surface area contributed by atoms with Gasteiger partial charge in [-0.3, -0.25) is 9.59 Å². The SMILES string of the molecule is CCCOC(=O)c1ccc(N2C(=O)C(Sc3ccccc3)=C(c3ccc(C)cc3)C2=O)cc1. The van der Waals surface area contributed by atoms with Gasteiger partial charge in [-0.1, -0.05) is 66.7 Å². The molecule has 3 aromatic carbocycles. The largest absolute Gasteiger partial charge is 0.462 e. The van der Waals surface area contributed by atoms with Crippen LogP contribution in [0.15, 0.2) is 88.7 Å². The highest BCUT2D eigenvalue weighted by Gasteiger charge is 2.40. The molecule has 1 aliphatic rings. The molecular weight excluding hydrogens is 434 g/mol. The van der Waals surface area contributed by atoms with E-state index in [9.17, 15) is 14.4 Å². The molecule has 0 N–H and O–H groups in total. The first-order valence-electron chi connectivity index (χ1n) is 10.7. The lowest BCUT2D eigenvalue weighted by molar-refractivity contribution is -0.119. The lowest BCUT2D eigenvalue weighted by Gasteiger charge is -2.15. The number of benzene rings is 3. The van der Waals surface area contributed by atoms with Crippen molar-refractivity contribution in [1.29, 1.82) is 0 Å². The van der Waals surface area contributed by atoms with E-state index in [0.717, 1.165) is 16.9 Å². The first-order chi connectivity index (χ1) is 16.0. The number of ether oxygens (including phenoxy) is 1. The van der Waals surface area contributed by atoms with Gasteiger partial charge in [0, 0.05) is 4.90 Å². The lowest BCUT2D eigenvalue weighted by atomic mass is 10.0. The average molecular weight is 458 g/mol. The smallest absolute Gasteiger partial charge is 0.338 e.